The number of rotatable bonds is 5. The first kappa shape index (κ1) is 13.1. The number of carbonyl (C=O) groups is 1. The van der Waals surface area contributed by atoms with Crippen LogP contribution in [0.3, 0.4) is 0 Å². The number of hydrogen-bond donors (Lipinski definition) is 2. The zero-order chi connectivity index (χ0) is 13.7. The molecule has 0 atom stereocenters. The molecule has 0 fully saturated rings. The minimum Gasteiger partial charge on any atom is -0.508 e. The first-order valence-corrected chi connectivity index (χ1v) is 6.05. The molecule has 0 aliphatic rings. The van der Waals surface area contributed by atoms with Crippen molar-refractivity contribution in [3.63, 3.8) is 0 Å². The Balaban J connectivity index is 1.75. The second kappa shape index (κ2) is 5.99. The van der Waals surface area contributed by atoms with E-state index in [-0.39, 0.29) is 18.2 Å². The highest BCUT2D eigenvalue weighted by atomic mass is 16.3. The fraction of sp³-hybridized carbons (Fsp3) is 0.308. The Bertz CT molecular complexity index is 548. The molecule has 6 nitrogen and oxygen atoms in total. The Labute approximate surface area is 111 Å². The zero-order valence-electron chi connectivity index (χ0n) is 10.7. The maximum Gasteiger partial charge on any atom is 0.241 e. The predicted molar refractivity (Wildman–Crippen MR) is 69.6 cm³/mol. The van der Waals surface area contributed by atoms with Crippen LogP contribution in [0.2, 0.25) is 0 Å². The summed E-state index contributed by atoms with van der Waals surface area (Å²) in [5.41, 5.74) is 1.92. The number of phenolic OH excluding ortho intramolecular Hbond substituents is 1. The van der Waals surface area contributed by atoms with Gasteiger partial charge in [-0.3, -0.25) is 4.79 Å². The average Bonchev–Trinajstić information content (AvgIpc) is 2.78. The van der Waals surface area contributed by atoms with Crippen molar-refractivity contribution in [2.24, 2.45) is 0 Å². The fourth-order valence-electron chi connectivity index (χ4n) is 1.67. The van der Waals surface area contributed by atoms with Crippen molar-refractivity contribution in [1.82, 2.24) is 20.3 Å². The van der Waals surface area contributed by atoms with Gasteiger partial charge < -0.3 is 10.4 Å². The van der Waals surface area contributed by atoms with E-state index in [9.17, 15) is 4.79 Å². The van der Waals surface area contributed by atoms with Crippen LogP contribution >= 0.6 is 0 Å². The molecular weight excluding hydrogens is 244 g/mol. The molecule has 1 aromatic heterocycles. The molecule has 0 unspecified atom stereocenters. The van der Waals surface area contributed by atoms with Gasteiger partial charge in [0.2, 0.25) is 5.91 Å². The largest absolute Gasteiger partial charge is 0.508 e. The molecule has 1 amide bonds. The number of benzene rings is 1. The monoisotopic (exact) mass is 260 g/mol. The van der Waals surface area contributed by atoms with Gasteiger partial charge in [-0.15, -0.1) is 5.10 Å². The van der Waals surface area contributed by atoms with E-state index >= 15 is 0 Å². The third-order valence-corrected chi connectivity index (χ3v) is 2.78. The standard InChI is InChI=1S/C13H16N4O2/c1-10-8-15-16-17(10)9-13(19)14-7-6-11-2-4-12(18)5-3-11/h2-5,8,18H,6-7,9H2,1H3,(H,14,19). The topological polar surface area (TPSA) is 80.0 Å². The second-order valence-corrected chi connectivity index (χ2v) is 4.30. The van der Waals surface area contributed by atoms with Crippen LogP contribution < -0.4 is 5.32 Å². The lowest BCUT2D eigenvalue weighted by Gasteiger charge is -2.06. The Hall–Kier alpha value is -2.37. The van der Waals surface area contributed by atoms with E-state index < -0.39 is 0 Å². The molecule has 0 saturated heterocycles. The number of phenols is 1. The van der Waals surface area contributed by atoms with E-state index in [1.165, 1.54) is 0 Å². The fourth-order valence-corrected chi connectivity index (χ4v) is 1.67. The van der Waals surface area contributed by atoms with Crippen LogP contribution in [-0.4, -0.2) is 32.6 Å². The average molecular weight is 260 g/mol. The maximum absolute atomic E-state index is 11.7. The molecule has 0 radical (unpaired) electrons. The summed E-state index contributed by atoms with van der Waals surface area (Å²) in [5.74, 6) is 0.154. The summed E-state index contributed by atoms with van der Waals surface area (Å²) >= 11 is 0. The van der Waals surface area contributed by atoms with Crippen molar-refractivity contribution in [1.29, 1.82) is 0 Å². The number of carbonyl (C=O) groups excluding carboxylic acids is 1. The Morgan fingerprint density at radius 3 is 2.74 bits per heavy atom. The summed E-state index contributed by atoms with van der Waals surface area (Å²) < 4.78 is 1.55. The molecule has 0 spiro atoms. The van der Waals surface area contributed by atoms with Crippen molar-refractivity contribution in [2.75, 3.05) is 6.54 Å². The summed E-state index contributed by atoms with van der Waals surface area (Å²) in [6, 6.07) is 6.94. The number of aryl methyl sites for hydroxylation is 1. The minimum atomic E-state index is -0.0904. The predicted octanol–water partition coefficient (Wildman–Crippen LogP) is 0.651. The number of hydrogen-bond acceptors (Lipinski definition) is 4. The molecule has 0 bridgehead atoms. The van der Waals surface area contributed by atoms with Gasteiger partial charge in [-0.25, -0.2) is 4.68 Å². The van der Waals surface area contributed by atoms with Gasteiger partial charge in [0.1, 0.15) is 12.3 Å². The lowest BCUT2D eigenvalue weighted by atomic mass is 10.1. The van der Waals surface area contributed by atoms with Gasteiger partial charge in [0.25, 0.3) is 0 Å². The van der Waals surface area contributed by atoms with Crippen LogP contribution in [0.4, 0.5) is 0 Å². The number of nitrogens with zero attached hydrogens (tertiary/aromatic N) is 3. The summed E-state index contributed by atoms with van der Waals surface area (Å²) in [4.78, 5) is 11.7. The van der Waals surface area contributed by atoms with Crippen LogP contribution in [0.15, 0.2) is 30.5 Å². The van der Waals surface area contributed by atoms with Crippen molar-refractivity contribution in [3.05, 3.63) is 41.7 Å². The molecule has 6 heteroatoms. The van der Waals surface area contributed by atoms with Crippen LogP contribution in [0.1, 0.15) is 11.3 Å². The van der Waals surface area contributed by atoms with E-state index in [1.54, 1.807) is 23.0 Å². The number of amides is 1. The second-order valence-electron chi connectivity index (χ2n) is 4.30. The smallest absolute Gasteiger partial charge is 0.241 e. The summed E-state index contributed by atoms with van der Waals surface area (Å²) in [7, 11) is 0. The summed E-state index contributed by atoms with van der Waals surface area (Å²) in [5, 5.41) is 19.5. The highest BCUT2D eigenvalue weighted by molar-refractivity contribution is 5.75. The van der Waals surface area contributed by atoms with Crippen LogP contribution in [0.25, 0.3) is 0 Å². The van der Waals surface area contributed by atoms with Gasteiger partial charge in [-0.1, -0.05) is 17.3 Å². The SMILES string of the molecule is Cc1cnnn1CC(=O)NCCc1ccc(O)cc1. The molecule has 2 rings (SSSR count). The van der Waals surface area contributed by atoms with Crippen LogP contribution in [0.5, 0.6) is 5.75 Å². The Kier molecular flexibility index (Phi) is 4.12. The Morgan fingerprint density at radius 1 is 1.37 bits per heavy atom. The van der Waals surface area contributed by atoms with Gasteiger partial charge in [-0.2, -0.15) is 0 Å². The highest BCUT2D eigenvalue weighted by Gasteiger charge is 2.05. The first-order chi connectivity index (χ1) is 9.15. The number of aromatic hydroxyl groups is 1. The van der Waals surface area contributed by atoms with Gasteiger partial charge >= 0.3 is 0 Å². The normalized spacial score (nSPS) is 10.4. The number of nitrogens with one attached hydrogen (secondary N) is 1. The zero-order valence-corrected chi connectivity index (χ0v) is 10.7. The van der Waals surface area contributed by atoms with E-state index in [2.05, 4.69) is 15.6 Å². The molecule has 100 valence electrons. The molecule has 1 aromatic carbocycles. The van der Waals surface area contributed by atoms with Crippen LogP contribution in [-0.2, 0) is 17.8 Å². The summed E-state index contributed by atoms with van der Waals surface area (Å²) in [6.45, 7) is 2.59. The van der Waals surface area contributed by atoms with E-state index in [0.717, 1.165) is 17.7 Å². The van der Waals surface area contributed by atoms with Gasteiger partial charge in [0, 0.05) is 6.54 Å². The van der Waals surface area contributed by atoms with Gasteiger partial charge in [0.05, 0.1) is 11.9 Å². The molecule has 1 heterocycles. The quantitative estimate of drug-likeness (QED) is 0.827. The molecule has 0 aliphatic heterocycles. The van der Waals surface area contributed by atoms with Crippen molar-refractivity contribution < 1.29 is 9.90 Å². The lowest BCUT2D eigenvalue weighted by Crippen LogP contribution is -2.30. The van der Waals surface area contributed by atoms with E-state index in [1.807, 2.05) is 19.1 Å². The van der Waals surface area contributed by atoms with Crippen molar-refractivity contribution in [2.45, 2.75) is 19.9 Å². The first-order valence-electron chi connectivity index (χ1n) is 6.05. The van der Waals surface area contributed by atoms with Gasteiger partial charge in [-0.05, 0) is 31.0 Å². The molecule has 0 saturated carbocycles. The molecule has 2 aromatic rings. The maximum atomic E-state index is 11.7. The molecular formula is C13H16N4O2. The van der Waals surface area contributed by atoms with E-state index in [0.29, 0.717) is 6.54 Å². The van der Waals surface area contributed by atoms with Gasteiger partial charge in [0.15, 0.2) is 0 Å². The molecule has 19 heavy (non-hydrogen) atoms. The third-order valence-electron chi connectivity index (χ3n) is 2.78. The highest BCUT2D eigenvalue weighted by Crippen LogP contribution is 2.09. The minimum absolute atomic E-state index is 0.0904. The van der Waals surface area contributed by atoms with Crippen LogP contribution in [0, 0.1) is 6.92 Å². The Morgan fingerprint density at radius 2 is 2.11 bits per heavy atom. The van der Waals surface area contributed by atoms with E-state index in [4.69, 9.17) is 5.11 Å². The lowest BCUT2D eigenvalue weighted by molar-refractivity contribution is -0.121. The van der Waals surface area contributed by atoms with Crippen molar-refractivity contribution in [3.8, 4) is 5.75 Å². The third kappa shape index (κ3) is 3.80. The molecule has 0 aliphatic carbocycles. The number of aromatic nitrogens is 3. The summed E-state index contributed by atoms with van der Waals surface area (Å²) in [6.07, 6.45) is 2.34. The van der Waals surface area contributed by atoms with Crippen molar-refractivity contribution >= 4 is 5.91 Å². The molecule has 2 N–H and O–H groups in total.